The summed E-state index contributed by atoms with van der Waals surface area (Å²) < 4.78 is 7.51. The molecule has 0 bridgehead atoms. The number of hydrogen-bond donors (Lipinski definition) is 1. The fourth-order valence-electron chi connectivity index (χ4n) is 3.09. The summed E-state index contributed by atoms with van der Waals surface area (Å²) in [4.78, 5) is 30.9. The van der Waals surface area contributed by atoms with E-state index < -0.39 is 0 Å². The minimum atomic E-state index is -0.330. The van der Waals surface area contributed by atoms with Gasteiger partial charge in [0.1, 0.15) is 0 Å². The Morgan fingerprint density at radius 2 is 2.19 bits per heavy atom. The summed E-state index contributed by atoms with van der Waals surface area (Å²) in [6.45, 7) is 3.59. The van der Waals surface area contributed by atoms with Crippen LogP contribution >= 0.6 is 27.5 Å². The molecule has 1 aliphatic rings. The quantitative estimate of drug-likeness (QED) is 0.702. The molecule has 2 heterocycles. The van der Waals surface area contributed by atoms with Crippen molar-refractivity contribution in [1.29, 1.82) is 0 Å². The number of fused-ring (bicyclic) bond motifs is 1. The Morgan fingerprint density at radius 3 is 2.93 bits per heavy atom. The van der Waals surface area contributed by atoms with Gasteiger partial charge in [-0.25, -0.2) is 4.98 Å². The highest BCUT2D eigenvalue weighted by Gasteiger charge is 2.26. The van der Waals surface area contributed by atoms with Gasteiger partial charge in [-0.2, -0.15) is 0 Å². The van der Waals surface area contributed by atoms with Crippen LogP contribution in [-0.4, -0.2) is 46.0 Å². The number of carbonyl (C=O) groups excluding carboxylic acids is 2. The third-order valence-corrected chi connectivity index (χ3v) is 5.69. The van der Waals surface area contributed by atoms with Crippen molar-refractivity contribution in [3.63, 3.8) is 0 Å². The normalized spacial score (nSPS) is 13.9. The van der Waals surface area contributed by atoms with Gasteiger partial charge in [-0.3, -0.25) is 14.5 Å². The first-order valence-corrected chi connectivity index (χ1v) is 9.75. The largest absolute Gasteiger partial charge is 0.465 e. The van der Waals surface area contributed by atoms with Crippen molar-refractivity contribution in [2.24, 2.45) is 7.05 Å². The Labute approximate surface area is 170 Å². The van der Waals surface area contributed by atoms with Crippen LogP contribution in [0, 0.1) is 0 Å². The van der Waals surface area contributed by atoms with Crippen LogP contribution in [0.4, 0.5) is 5.69 Å². The van der Waals surface area contributed by atoms with Crippen LogP contribution in [0.5, 0.6) is 0 Å². The number of amides is 1. The lowest BCUT2D eigenvalue weighted by atomic mass is 10.1. The van der Waals surface area contributed by atoms with E-state index in [1.54, 1.807) is 29.7 Å². The summed E-state index contributed by atoms with van der Waals surface area (Å²) in [6.07, 6.45) is 0.711. The number of benzene rings is 1. The van der Waals surface area contributed by atoms with Gasteiger partial charge < -0.3 is 14.6 Å². The molecule has 1 aromatic heterocycles. The van der Waals surface area contributed by atoms with Crippen molar-refractivity contribution in [2.45, 2.75) is 19.9 Å². The van der Waals surface area contributed by atoms with Crippen LogP contribution in [0.15, 0.2) is 22.7 Å². The van der Waals surface area contributed by atoms with E-state index in [2.05, 4.69) is 26.2 Å². The molecule has 0 spiro atoms. The molecular weight excluding hydrogens is 436 g/mol. The Morgan fingerprint density at radius 1 is 1.41 bits per heavy atom. The maximum atomic E-state index is 12.7. The summed E-state index contributed by atoms with van der Waals surface area (Å²) in [6, 6.07) is 5.33. The number of nitrogens with zero attached hydrogens (tertiary/aromatic N) is 3. The van der Waals surface area contributed by atoms with Crippen LogP contribution in [-0.2, 0) is 29.5 Å². The highest BCUT2D eigenvalue weighted by molar-refractivity contribution is 9.10. The van der Waals surface area contributed by atoms with E-state index in [1.165, 1.54) is 0 Å². The second-order valence-electron chi connectivity index (χ2n) is 6.21. The minimum absolute atomic E-state index is 0.221. The number of aromatic nitrogens is 2. The number of carbonyl (C=O) groups is 2. The molecule has 1 aliphatic heterocycles. The van der Waals surface area contributed by atoms with E-state index in [1.807, 2.05) is 11.9 Å². The molecule has 0 fully saturated rings. The second kappa shape index (κ2) is 8.41. The third-order valence-electron chi connectivity index (χ3n) is 4.40. The first kappa shape index (κ1) is 19.9. The van der Waals surface area contributed by atoms with Gasteiger partial charge in [0, 0.05) is 36.7 Å². The predicted octanol–water partition coefficient (Wildman–Crippen LogP) is 3.01. The SMILES string of the molecule is CCOC(=O)CN1CCc2c(nc(C(=O)Nc3cccc(Br)c3Cl)n2C)C1. The summed E-state index contributed by atoms with van der Waals surface area (Å²) in [5.74, 6) is -0.267. The average molecular weight is 456 g/mol. The topological polar surface area (TPSA) is 76.5 Å². The van der Waals surface area contributed by atoms with E-state index in [-0.39, 0.29) is 18.4 Å². The molecule has 0 atom stereocenters. The predicted molar refractivity (Wildman–Crippen MR) is 106 cm³/mol. The fraction of sp³-hybridized carbons (Fsp3) is 0.389. The summed E-state index contributed by atoms with van der Waals surface area (Å²) in [5.41, 5.74) is 2.32. The van der Waals surface area contributed by atoms with Gasteiger partial charge >= 0.3 is 5.97 Å². The Hall–Kier alpha value is -1.90. The number of rotatable bonds is 5. The van der Waals surface area contributed by atoms with E-state index >= 15 is 0 Å². The second-order valence-corrected chi connectivity index (χ2v) is 7.44. The Bertz CT molecular complexity index is 884. The maximum Gasteiger partial charge on any atom is 0.320 e. The van der Waals surface area contributed by atoms with Crippen molar-refractivity contribution >= 4 is 45.1 Å². The zero-order chi connectivity index (χ0) is 19.6. The van der Waals surface area contributed by atoms with E-state index in [0.29, 0.717) is 47.1 Å². The van der Waals surface area contributed by atoms with E-state index in [0.717, 1.165) is 11.4 Å². The van der Waals surface area contributed by atoms with Crippen LogP contribution in [0.2, 0.25) is 5.02 Å². The summed E-state index contributed by atoms with van der Waals surface area (Å²) in [7, 11) is 1.82. The smallest absolute Gasteiger partial charge is 0.320 e. The van der Waals surface area contributed by atoms with Crippen molar-refractivity contribution in [3.05, 3.63) is 44.9 Å². The molecule has 2 aromatic rings. The van der Waals surface area contributed by atoms with Gasteiger partial charge in [-0.15, -0.1) is 0 Å². The molecular formula is C18H20BrClN4O3. The molecule has 9 heteroatoms. The number of esters is 1. The van der Waals surface area contributed by atoms with Crippen molar-refractivity contribution in [3.8, 4) is 0 Å². The molecule has 1 aromatic carbocycles. The van der Waals surface area contributed by atoms with Gasteiger partial charge in [-0.1, -0.05) is 17.7 Å². The van der Waals surface area contributed by atoms with Gasteiger partial charge in [-0.05, 0) is 35.0 Å². The standard InChI is InChI=1S/C18H20BrClN4O3/c1-3-27-15(25)10-24-8-7-14-13(9-24)21-17(23(14)2)18(26)22-12-6-4-5-11(19)16(12)20/h4-6H,3,7-10H2,1-2H3,(H,22,26). The molecule has 0 unspecified atom stereocenters. The molecule has 7 nitrogen and oxygen atoms in total. The lowest BCUT2D eigenvalue weighted by Crippen LogP contribution is -2.36. The molecule has 3 rings (SSSR count). The fourth-order valence-corrected chi connectivity index (χ4v) is 3.63. The molecule has 0 aliphatic carbocycles. The summed E-state index contributed by atoms with van der Waals surface area (Å²) in [5, 5.41) is 3.24. The van der Waals surface area contributed by atoms with Gasteiger partial charge in [0.2, 0.25) is 0 Å². The first-order valence-electron chi connectivity index (χ1n) is 8.58. The number of nitrogens with one attached hydrogen (secondary N) is 1. The van der Waals surface area contributed by atoms with Crippen LogP contribution in [0.1, 0.15) is 28.9 Å². The zero-order valence-electron chi connectivity index (χ0n) is 15.1. The number of ether oxygens (including phenoxy) is 1. The van der Waals surface area contributed by atoms with Crippen molar-refractivity contribution in [1.82, 2.24) is 14.5 Å². The third kappa shape index (κ3) is 4.34. The summed E-state index contributed by atoms with van der Waals surface area (Å²) >= 11 is 9.56. The van der Waals surface area contributed by atoms with Crippen molar-refractivity contribution in [2.75, 3.05) is 25.0 Å². The lowest BCUT2D eigenvalue weighted by molar-refractivity contribution is -0.144. The zero-order valence-corrected chi connectivity index (χ0v) is 17.4. The van der Waals surface area contributed by atoms with Gasteiger partial charge in [0.25, 0.3) is 5.91 Å². The van der Waals surface area contributed by atoms with Gasteiger partial charge in [0.15, 0.2) is 5.82 Å². The Kier molecular flexibility index (Phi) is 6.18. The first-order chi connectivity index (χ1) is 12.9. The van der Waals surface area contributed by atoms with Crippen LogP contribution < -0.4 is 5.32 Å². The lowest BCUT2D eigenvalue weighted by Gasteiger charge is -2.25. The number of imidazole rings is 1. The monoisotopic (exact) mass is 454 g/mol. The minimum Gasteiger partial charge on any atom is -0.465 e. The van der Waals surface area contributed by atoms with Crippen LogP contribution in [0.25, 0.3) is 0 Å². The molecule has 0 saturated heterocycles. The molecule has 1 N–H and O–H groups in total. The number of anilines is 1. The van der Waals surface area contributed by atoms with E-state index in [4.69, 9.17) is 16.3 Å². The highest BCUT2D eigenvalue weighted by atomic mass is 79.9. The molecule has 0 saturated carbocycles. The maximum absolute atomic E-state index is 12.7. The molecule has 0 radical (unpaired) electrons. The Balaban J connectivity index is 1.75. The average Bonchev–Trinajstić information content (AvgIpc) is 2.95. The molecule has 1 amide bonds. The van der Waals surface area contributed by atoms with E-state index in [9.17, 15) is 9.59 Å². The number of hydrogen-bond acceptors (Lipinski definition) is 5. The van der Waals surface area contributed by atoms with Crippen LogP contribution in [0.3, 0.4) is 0 Å². The molecule has 27 heavy (non-hydrogen) atoms. The molecule has 144 valence electrons. The van der Waals surface area contributed by atoms with Gasteiger partial charge in [0.05, 0.1) is 29.6 Å². The number of halogens is 2. The highest BCUT2D eigenvalue weighted by Crippen LogP contribution is 2.30. The van der Waals surface area contributed by atoms with Crippen molar-refractivity contribution < 1.29 is 14.3 Å².